The van der Waals surface area contributed by atoms with Gasteiger partial charge in [-0.05, 0) is 48.2 Å². The molecule has 1 aromatic carbocycles. The van der Waals surface area contributed by atoms with E-state index in [2.05, 4.69) is 42.5 Å². The smallest absolute Gasteiger partial charge is 0.224 e. The summed E-state index contributed by atoms with van der Waals surface area (Å²) in [6, 6.07) is 9.70. The van der Waals surface area contributed by atoms with Crippen molar-refractivity contribution in [3.8, 4) is 0 Å². The molecule has 0 bridgehead atoms. The van der Waals surface area contributed by atoms with Gasteiger partial charge in [-0.25, -0.2) is 0 Å². The normalized spacial score (nSPS) is 11.0. The maximum atomic E-state index is 12.3. The van der Waals surface area contributed by atoms with E-state index in [4.69, 9.17) is 4.42 Å². The summed E-state index contributed by atoms with van der Waals surface area (Å²) < 4.78 is 5.63. The monoisotopic (exact) mass is 393 g/mol. The molecule has 0 unspecified atom stereocenters. The minimum absolute atomic E-state index is 0.123. The Morgan fingerprint density at radius 3 is 2.69 bits per heavy atom. The number of benzene rings is 1. The molecule has 3 rings (SSSR count). The van der Waals surface area contributed by atoms with Crippen LogP contribution in [0.2, 0.25) is 0 Å². The lowest BCUT2D eigenvalue weighted by Crippen LogP contribution is -2.31. The van der Waals surface area contributed by atoms with Gasteiger partial charge < -0.3 is 15.1 Å². The van der Waals surface area contributed by atoms with Crippen LogP contribution in [-0.4, -0.2) is 23.3 Å². The fourth-order valence-corrected chi connectivity index (χ4v) is 3.33. The van der Waals surface area contributed by atoms with Crippen molar-refractivity contribution < 1.29 is 14.0 Å². The van der Waals surface area contributed by atoms with E-state index in [1.165, 1.54) is 11.1 Å². The quantitative estimate of drug-likeness (QED) is 0.612. The van der Waals surface area contributed by atoms with Crippen LogP contribution in [-0.2, 0) is 22.6 Å². The Labute approximate surface area is 170 Å². The first-order valence-corrected chi connectivity index (χ1v) is 9.88. The van der Waals surface area contributed by atoms with Gasteiger partial charge >= 0.3 is 0 Å². The van der Waals surface area contributed by atoms with Gasteiger partial charge in [0.25, 0.3) is 0 Å². The third-order valence-corrected chi connectivity index (χ3v) is 4.88. The Bertz CT molecular complexity index is 993. The lowest BCUT2D eigenvalue weighted by Gasteiger charge is -2.10. The summed E-state index contributed by atoms with van der Waals surface area (Å²) in [7, 11) is 0. The Morgan fingerprint density at radius 1 is 1.14 bits per heavy atom. The highest BCUT2D eigenvalue weighted by Gasteiger charge is 2.14. The highest BCUT2D eigenvalue weighted by molar-refractivity contribution is 5.88. The van der Waals surface area contributed by atoms with E-state index in [-0.39, 0.29) is 24.7 Å². The Balaban J connectivity index is 1.49. The van der Waals surface area contributed by atoms with Crippen LogP contribution < -0.4 is 10.6 Å². The lowest BCUT2D eigenvalue weighted by molar-refractivity contribution is -0.122. The number of aromatic nitrogens is 1. The van der Waals surface area contributed by atoms with Gasteiger partial charge in [-0.1, -0.05) is 19.9 Å². The lowest BCUT2D eigenvalue weighted by atomic mass is 9.95. The minimum Gasteiger partial charge on any atom is -0.464 e. The van der Waals surface area contributed by atoms with Gasteiger partial charge in [-0.15, -0.1) is 0 Å². The van der Waals surface area contributed by atoms with Crippen LogP contribution in [0.1, 0.15) is 48.6 Å². The maximum absolute atomic E-state index is 12.3. The molecule has 0 fully saturated rings. The first-order valence-electron chi connectivity index (χ1n) is 9.88. The fraction of sp³-hybridized carbons (Fsp3) is 0.348. The minimum atomic E-state index is -0.128. The highest BCUT2D eigenvalue weighted by atomic mass is 16.3. The average molecular weight is 393 g/mol. The van der Waals surface area contributed by atoms with Gasteiger partial charge in [-0.2, -0.15) is 0 Å². The van der Waals surface area contributed by atoms with Crippen LogP contribution in [0.25, 0.3) is 11.0 Å². The van der Waals surface area contributed by atoms with Crippen molar-refractivity contribution >= 4 is 22.8 Å². The summed E-state index contributed by atoms with van der Waals surface area (Å²) in [6.07, 6.45) is 3.78. The molecule has 2 heterocycles. The van der Waals surface area contributed by atoms with Crippen molar-refractivity contribution in [2.24, 2.45) is 0 Å². The van der Waals surface area contributed by atoms with Gasteiger partial charge in [0, 0.05) is 30.1 Å². The van der Waals surface area contributed by atoms with Gasteiger partial charge in [-0.3, -0.25) is 14.6 Å². The van der Waals surface area contributed by atoms with E-state index >= 15 is 0 Å². The molecule has 0 radical (unpaired) electrons. The number of fused-ring (bicyclic) bond motifs is 1. The summed E-state index contributed by atoms with van der Waals surface area (Å²) in [5.74, 6) is 0.152. The molecule has 152 valence electrons. The van der Waals surface area contributed by atoms with Crippen LogP contribution >= 0.6 is 0 Å². The molecule has 0 aliphatic rings. The molecular weight excluding hydrogens is 366 g/mol. The molecule has 2 amide bonds. The third-order valence-electron chi connectivity index (χ3n) is 4.88. The third kappa shape index (κ3) is 5.44. The summed E-state index contributed by atoms with van der Waals surface area (Å²) in [5, 5.41) is 6.58. The standard InChI is InChI=1S/C23H27N3O3/c1-15(2)19-12-20-17(14-29-21(20)10-16(19)3)11-23(28)25-9-7-22(27)26-13-18-6-4-5-8-24-18/h4-6,8,10,12,14-15H,7,9,11,13H2,1-3H3,(H,25,28)(H,26,27). The molecule has 0 spiro atoms. The predicted octanol–water partition coefficient (Wildman–Crippen LogP) is 3.62. The van der Waals surface area contributed by atoms with E-state index < -0.39 is 0 Å². The van der Waals surface area contributed by atoms with E-state index in [0.717, 1.165) is 22.2 Å². The summed E-state index contributed by atoms with van der Waals surface area (Å²) >= 11 is 0. The maximum Gasteiger partial charge on any atom is 0.224 e. The molecule has 6 heteroatoms. The molecule has 2 N–H and O–H groups in total. The zero-order valence-corrected chi connectivity index (χ0v) is 17.1. The molecule has 6 nitrogen and oxygen atoms in total. The zero-order valence-electron chi connectivity index (χ0n) is 17.1. The van der Waals surface area contributed by atoms with Crippen molar-refractivity contribution in [1.82, 2.24) is 15.6 Å². The van der Waals surface area contributed by atoms with Gasteiger partial charge in [0.15, 0.2) is 0 Å². The fourth-order valence-electron chi connectivity index (χ4n) is 3.33. The number of hydrogen-bond donors (Lipinski definition) is 2. The van der Waals surface area contributed by atoms with Crippen LogP contribution in [0.15, 0.2) is 47.2 Å². The number of nitrogens with zero attached hydrogens (tertiary/aromatic N) is 1. The van der Waals surface area contributed by atoms with Crippen LogP contribution in [0.4, 0.5) is 0 Å². The molecule has 0 aliphatic heterocycles. The van der Waals surface area contributed by atoms with E-state index in [1.807, 2.05) is 24.3 Å². The van der Waals surface area contributed by atoms with Gasteiger partial charge in [0.05, 0.1) is 24.9 Å². The largest absolute Gasteiger partial charge is 0.464 e. The van der Waals surface area contributed by atoms with Crippen molar-refractivity contribution in [3.05, 3.63) is 65.2 Å². The number of rotatable bonds is 8. The van der Waals surface area contributed by atoms with Crippen LogP contribution in [0.5, 0.6) is 0 Å². The van der Waals surface area contributed by atoms with Crippen molar-refractivity contribution in [2.75, 3.05) is 6.54 Å². The van der Waals surface area contributed by atoms with Gasteiger partial charge in [0.1, 0.15) is 5.58 Å². The summed E-state index contributed by atoms with van der Waals surface area (Å²) in [6.45, 7) is 7.05. The second-order valence-corrected chi connectivity index (χ2v) is 7.50. The molecule has 0 aliphatic carbocycles. The van der Waals surface area contributed by atoms with Gasteiger partial charge in [0.2, 0.25) is 11.8 Å². The summed E-state index contributed by atoms with van der Waals surface area (Å²) in [4.78, 5) is 28.4. The van der Waals surface area contributed by atoms with Crippen LogP contribution in [0, 0.1) is 6.92 Å². The molecule has 0 atom stereocenters. The molecular formula is C23H27N3O3. The SMILES string of the molecule is Cc1cc2occ(CC(=O)NCCC(=O)NCc3ccccn3)c2cc1C(C)C. The van der Waals surface area contributed by atoms with E-state index in [1.54, 1.807) is 12.5 Å². The Morgan fingerprint density at radius 2 is 1.97 bits per heavy atom. The molecule has 3 aromatic rings. The Hall–Kier alpha value is -3.15. The topological polar surface area (TPSA) is 84.2 Å². The number of aryl methyl sites for hydroxylation is 1. The van der Waals surface area contributed by atoms with E-state index in [9.17, 15) is 9.59 Å². The number of hydrogen-bond acceptors (Lipinski definition) is 4. The first kappa shape index (κ1) is 20.6. The Kier molecular flexibility index (Phi) is 6.65. The predicted molar refractivity (Wildman–Crippen MR) is 112 cm³/mol. The molecule has 0 saturated heterocycles. The number of carbonyl (C=O) groups is 2. The highest BCUT2D eigenvalue weighted by Crippen LogP contribution is 2.29. The second-order valence-electron chi connectivity index (χ2n) is 7.50. The number of furan rings is 1. The van der Waals surface area contributed by atoms with Crippen molar-refractivity contribution in [2.45, 2.75) is 46.1 Å². The molecule has 2 aromatic heterocycles. The molecule has 29 heavy (non-hydrogen) atoms. The number of nitrogens with one attached hydrogen (secondary N) is 2. The first-order chi connectivity index (χ1) is 13.9. The number of pyridine rings is 1. The molecule has 0 saturated carbocycles. The average Bonchev–Trinajstić information content (AvgIpc) is 3.07. The van der Waals surface area contributed by atoms with E-state index in [0.29, 0.717) is 19.0 Å². The number of amides is 2. The second kappa shape index (κ2) is 9.37. The number of carbonyl (C=O) groups excluding carboxylic acids is 2. The van der Waals surface area contributed by atoms with Crippen LogP contribution in [0.3, 0.4) is 0 Å². The zero-order chi connectivity index (χ0) is 20.8. The summed E-state index contributed by atoms with van der Waals surface area (Å²) in [5.41, 5.74) is 4.90. The van der Waals surface area contributed by atoms with Crippen molar-refractivity contribution in [1.29, 1.82) is 0 Å². The van der Waals surface area contributed by atoms with Crippen molar-refractivity contribution in [3.63, 3.8) is 0 Å².